The van der Waals surface area contributed by atoms with Gasteiger partial charge in [0.25, 0.3) is 0 Å². The van der Waals surface area contributed by atoms with Crippen LogP contribution in [-0.4, -0.2) is 23.5 Å². The number of hydrogen-bond donors (Lipinski definition) is 4. The van der Waals surface area contributed by atoms with Crippen LogP contribution in [0.25, 0.3) is 11.1 Å². The molecule has 1 aliphatic carbocycles. The lowest BCUT2D eigenvalue weighted by Gasteiger charge is -2.09. The molecule has 0 unspecified atom stereocenters. The first-order valence-corrected chi connectivity index (χ1v) is 6.07. The van der Waals surface area contributed by atoms with Crippen molar-refractivity contribution in [3.05, 3.63) is 22.7 Å². The van der Waals surface area contributed by atoms with E-state index in [4.69, 9.17) is 10.2 Å². The van der Waals surface area contributed by atoms with Gasteiger partial charge in [0, 0.05) is 12.1 Å². The summed E-state index contributed by atoms with van der Waals surface area (Å²) in [6.07, 6.45) is 2.10. The number of anilines is 2. The molecule has 1 heterocycles. The zero-order valence-corrected chi connectivity index (χ0v) is 10.2. The van der Waals surface area contributed by atoms with Gasteiger partial charge in [0.15, 0.2) is 5.58 Å². The Hall–Kier alpha value is -2.44. The fourth-order valence-corrected chi connectivity index (χ4v) is 1.85. The van der Waals surface area contributed by atoms with Crippen LogP contribution in [0.3, 0.4) is 0 Å². The molecule has 1 aliphatic rings. The fraction of sp³-hybridized carbons (Fsp3) is 0.333. The summed E-state index contributed by atoms with van der Waals surface area (Å²) < 4.78 is 4.89. The molecule has 7 heteroatoms. The van der Waals surface area contributed by atoms with Crippen molar-refractivity contribution in [2.24, 2.45) is 0 Å². The van der Waals surface area contributed by atoms with Crippen LogP contribution in [0.5, 0.6) is 0 Å². The Bertz CT molecular complexity index is 684. The lowest BCUT2D eigenvalue weighted by Crippen LogP contribution is -2.31. The molecule has 0 saturated heterocycles. The van der Waals surface area contributed by atoms with Gasteiger partial charge in [-0.2, -0.15) is 0 Å². The number of amides is 1. The molecule has 3 rings (SSSR count). The molecule has 1 amide bonds. The highest BCUT2D eigenvalue weighted by atomic mass is 16.4. The number of carbonyl (C=O) groups excluding carboxylic acids is 1. The normalized spacial score (nSPS) is 14.5. The predicted molar refractivity (Wildman–Crippen MR) is 70.9 cm³/mol. The van der Waals surface area contributed by atoms with Crippen molar-refractivity contribution in [2.75, 3.05) is 17.6 Å². The zero-order chi connectivity index (χ0) is 13.4. The predicted octanol–water partition coefficient (Wildman–Crippen LogP) is 0.394. The van der Waals surface area contributed by atoms with E-state index in [1.54, 1.807) is 12.1 Å². The molecule has 19 heavy (non-hydrogen) atoms. The first kappa shape index (κ1) is 11.6. The number of H-pyrrole nitrogens is 1. The van der Waals surface area contributed by atoms with E-state index in [1.807, 2.05) is 0 Å². The van der Waals surface area contributed by atoms with Crippen LogP contribution in [-0.2, 0) is 4.79 Å². The average molecular weight is 262 g/mol. The lowest BCUT2D eigenvalue weighted by atomic mass is 10.2. The second-order valence-corrected chi connectivity index (χ2v) is 4.65. The molecule has 0 aliphatic heterocycles. The first-order valence-electron chi connectivity index (χ1n) is 6.07. The van der Waals surface area contributed by atoms with Crippen LogP contribution in [0.2, 0.25) is 0 Å². The number of aromatic amines is 1. The van der Waals surface area contributed by atoms with E-state index in [1.165, 1.54) is 0 Å². The minimum atomic E-state index is -0.530. The minimum absolute atomic E-state index is 0.0670. The molecule has 1 aromatic heterocycles. The van der Waals surface area contributed by atoms with E-state index in [2.05, 4.69) is 15.6 Å². The third kappa shape index (κ3) is 2.54. The topological polar surface area (TPSA) is 113 Å². The van der Waals surface area contributed by atoms with E-state index in [0.29, 0.717) is 28.5 Å². The number of oxazole rings is 1. The van der Waals surface area contributed by atoms with Crippen molar-refractivity contribution in [3.8, 4) is 0 Å². The standard InChI is InChI=1S/C12H14N4O3/c13-7-3-10-9(16-12(18)19-10)4-8(7)14-5-11(17)15-6-1-2-6/h3-4,6,14H,1-2,5,13H2,(H,15,17)(H,16,18). The number of nitrogens with one attached hydrogen (secondary N) is 3. The van der Waals surface area contributed by atoms with E-state index in [-0.39, 0.29) is 12.5 Å². The molecule has 5 N–H and O–H groups in total. The third-order valence-corrected chi connectivity index (χ3v) is 2.97. The molecular weight excluding hydrogens is 248 g/mol. The molecule has 0 atom stereocenters. The van der Waals surface area contributed by atoms with Gasteiger partial charge < -0.3 is 20.8 Å². The Balaban J connectivity index is 1.73. The number of rotatable bonds is 4. The number of carbonyl (C=O) groups is 1. The molecule has 2 aromatic rings. The van der Waals surface area contributed by atoms with Gasteiger partial charge in [-0.25, -0.2) is 4.79 Å². The largest absolute Gasteiger partial charge is 0.417 e. The van der Waals surface area contributed by atoms with Crippen LogP contribution in [0.1, 0.15) is 12.8 Å². The maximum absolute atomic E-state index is 11.6. The fourth-order valence-electron chi connectivity index (χ4n) is 1.85. The Morgan fingerprint density at radius 1 is 1.47 bits per heavy atom. The minimum Gasteiger partial charge on any atom is -0.408 e. The van der Waals surface area contributed by atoms with Gasteiger partial charge in [-0.05, 0) is 18.9 Å². The summed E-state index contributed by atoms with van der Waals surface area (Å²) in [6, 6.07) is 3.54. The highest BCUT2D eigenvalue weighted by Crippen LogP contribution is 2.24. The van der Waals surface area contributed by atoms with Gasteiger partial charge in [-0.15, -0.1) is 0 Å². The first-order chi connectivity index (χ1) is 9.11. The monoisotopic (exact) mass is 262 g/mol. The zero-order valence-electron chi connectivity index (χ0n) is 10.2. The van der Waals surface area contributed by atoms with Gasteiger partial charge in [-0.3, -0.25) is 9.78 Å². The Morgan fingerprint density at radius 3 is 3.00 bits per heavy atom. The van der Waals surface area contributed by atoms with Crippen molar-refractivity contribution in [3.63, 3.8) is 0 Å². The number of nitrogen functional groups attached to an aromatic ring is 1. The van der Waals surface area contributed by atoms with Crippen molar-refractivity contribution in [1.29, 1.82) is 0 Å². The molecule has 1 fully saturated rings. The molecule has 0 bridgehead atoms. The number of fused-ring (bicyclic) bond motifs is 1. The Labute approximate surface area is 108 Å². The second kappa shape index (κ2) is 4.34. The summed E-state index contributed by atoms with van der Waals surface area (Å²) in [6.45, 7) is 0.147. The van der Waals surface area contributed by atoms with Crippen molar-refractivity contribution in [2.45, 2.75) is 18.9 Å². The van der Waals surface area contributed by atoms with E-state index < -0.39 is 5.76 Å². The van der Waals surface area contributed by atoms with E-state index >= 15 is 0 Å². The van der Waals surface area contributed by atoms with Crippen LogP contribution in [0.4, 0.5) is 11.4 Å². The molecule has 7 nitrogen and oxygen atoms in total. The van der Waals surface area contributed by atoms with Crippen molar-refractivity contribution < 1.29 is 9.21 Å². The maximum Gasteiger partial charge on any atom is 0.417 e. The lowest BCUT2D eigenvalue weighted by molar-refractivity contribution is -0.119. The van der Waals surface area contributed by atoms with Crippen LogP contribution in [0, 0.1) is 0 Å². The molecule has 0 spiro atoms. The van der Waals surface area contributed by atoms with Gasteiger partial charge in [-0.1, -0.05) is 0 Å². The van der Waals surface area contributed by atoms with Gasteiger partial charge in [0.1, 0.15) is 0 Å². The van der Waals surface area contributed by atoms with E-state index in [9.17, 15) is 9.59 Å². The van der Waals surface area contributed by atoms with Gasteiger partial charge in [0.2, 0.25) is 5.91 Å². The summed E-state index contributed by atoms with van der Waals surface area (Å²) in [7, 11) is 0. The van der Waals surface area contributed by atoms with E-state index in [0.717, 1.165) is 12.8 Å². The number of benzene rings is 1. The summed E-state index contributed by atoms with van der Waals surface area (Å²) in [5.74, 6) is -0.597. The van der Waals surface area contributed by atoms with Gasteiger partial charge >= 0.3 is 5.76 Å². The van der Waals surface area contributed by atoms with Crippen molar-refractivity contribution >= 4 is 28.4 Å². The quantitative estimate of drug-likeness (QED) is 0.595. The molecule has 100 valence electrons. The third-order valence-electron chi connectivity index (χ3n) is 2.97. The maximum atomic E-state index is 11.6. The number of aromatic nitrogens is 1. The summed E-state index contributed by atoms with van der Waals surface area (Å²) in [5.41, 5.74) is 7.79. The highest BCUT2D eigenvalue weighted by Gasteiger charge is 2.22. The molecule has 0 radical (unpaired) electrons. The molecule has 1 saturated carbocycles. The smallest absolute Gasteiger partial charge is 0.408 e. The number of hydrogen-bond acceptors (Lipinski definition) is 5. The average Bonchev–Trinajstić information content (AvgIpc) is 3.07. The van der Waals surface area contributed by atoms with Crippen molar-refractivity contribution in [1.82, 2.24) is 10.3 Å². The number of nitrogens with two attached hydrogens (primary N) is 1. The highest BCUT2D eigenvalue weighted by molar-refractivity contribution is 5.88. The van der Waals surface area contributed by atoms with Gasteiger partial charge in [0.05, 0.1) is 23.4 Å². The SMILES string of the molecule is Nc1cc2oc(=O)[nH]c2cc1NCC(=O)NC1CC1. The second-order valence-electron chi connectivity index (χ2n) is 4.65. The summed E-state index contributed by atoms with van der Waals surface area (Å²) in [4.78, 5) is 25.2. The Morgan fingerprint density at radius 2 is 2.26 bits per heavy atom. The summed E-state index contributed by atoms with van der Waals surface area (Å²) >= 11 is 0. The Kier molecular flexibility index (Phi) is 2.66. The van der Waals surface area contributed by atoms with Crippen LogP contribution in [0.15, 0.2) is 21.3 Å². The molecule has 1 aromatic carbocycles. The molecular formula is C12H14N4O3. The van der Waals surface area contributed by atoms with Crippen LogP contribution < -0.4 is 22.1 Å². The van der Waals surface area contributed by atoms with Crippen LogP contribution >= 0.6 is 0 Å². The summed E-state index contributed by atoms with van der Waals surface area (Å²) in [5, 5.41) is 5.81.